The average molecular weight is 379 g/mol. The first-order valence-corrected chi connectivity index (χ1v) is 7.10. The van der Waals surface area contributed by atoms with Gasteiger partial charge in [0.25, 0.3) is 0 Å². The highest BCUT2D eigenvalue weighted by Crippen LogP contribution is 2.33. The Labute approximate surface area is 120 Å². The molecule has 7 heteroatoms. The lowest BCUT2D eigenvalue weighted by Gasteiger charge is -2.11. The fraction of sp³-hybridized carbons (Fsp3) is 0.200. The Balaban J connectivity index is 2.19. The smallest absolute Gasteiger partial charge is 0.138 e. The zero-order chi connectivity index (χ0) is 12.3. The van der Waals surface area contributed by atoms with Gasteiger partial charge < -0.3 is 10.1 Å². The Kier molecular flexibility index (Phi) is 4.36. The van der Waals surface area contributed by atoms with Crippen LogP contribution in [0, 0.1) is 0 Å². The van der Waals surface area contributed by atoms with Crippen molar-refractivity contribution in [1.82, 2.24) is 9.59 Å². The summed E-state index contributed by atoms with van der Waals surface area (Å²) < 4.78 is 11.1. The first-order chi connectivity index (χ1) is 8.20. The minimum Gasteiger partial charge on any atom is -0.495 e. The van der Waals surface area contributed by atoms with Gasteiger partial charge in [-0.3, -0.25) is 0 Å². The number of benzene rings is 1. The number of nitrogens with zero attached hydrogens (tertiary/aromatic N) is 2. The Hall–Kier alpha value is -0.660. The van der Waals surface area contributed by atoms with E-state index in [4.69, 9.17) is 4.74 Å². The van der Waals surface area contributed by atoms with Gasteiger partial charge in [0, 0.05) is 28.1 Å². The number of rotatable bonds is 4. The third-order valence-electron chi connectivity index (χ3n) is 2.10. The topological polar surface area (TPSA) is 47.0 Å². The van der Waals surface area contributed by atoms with Crippen LogP contribution in [0.1, 0.15) is 5.56 Å². The van der Waals surface area contributed by atoms with Crippen LogP contribution in [0.3, 0.4) is 0 Å². The maximum absolute atomic E-state index is 5.37. The molecule has 0 saturated carbocycles. The van der Waals surface area contributed by atoms with Crippen LogP contribution in [0.5, 0.6) is 5.75 Å². The van der Waals surface area contributed by atoms with E-state index in [-0.39, 0.29) is 0 Å². The number of aromatic nitrogens is 2. The second-order valence-electron chi connectivity index (χ2n) is 3.22. The summed E-state index contributed by atoms with van der Waals surface area (Å²) in [6.07, 6.45) is 1.70. The Morgan fingerprint density at radius 2 is 2.24 bits per heavy atom. The second kappa shape index (κ2) is 5.79. The molecule has 2 aromatic rings. The highest BCUT2D eigenvalue weighted by atomic mass is 79.9. The van der Waals surface area contributed by atoms with Gasteiger partial charge in [0.1, 0.15) is 10.8 Å². The molecule has 0 amide bonds. The third kappa shape index (κ3) is 3.17. The fourth-order valence-corrected chi connectivity index (χ4v) is 3.29. The van der Waals surface area contributed by atoms with Crippen LogP contribution in [-0.2, 0) is 6.54 Å². The maximum Gasteiger partial charge on any atom is 0.138 e. The fourth-order valence-electron chi connectivity index (χ4n) is 1.40. The lowest BCUT2D eigenvalue weighted by molar-refractivity contribution is 0.407. The summed E-state index contributed by atoms with van der Waals surface area (Å²) in [5.41, 5.74) is 1.06. The van der Waals surface area contributed by atoms with E-state index in [1.165, 1.54) is 11.5 Å². The van der Waals surface area contributed by atoms with Gasteiger partial charge in [-0.05, 0) is 28.1 Å². The van der Waals surface area contributed by atoms with E-state index in [1.54, 1.807) is 13.3 Å². The molecule has 0 bridgehead atoms. The lowest BCUT2D eigenvalue weighted by atomic mass is 10.2. The molecule has 17 heavy (non-hydrogen) atoms. The molecule has 0 atom stereocenters. The van der Waals surface area contributed by atoms with Crippen molar-refractivity contribution in [3.8, 4) is 5.75 Å². The van der Waals surface area contributed by atoms with Gasteiger partial charge >= 0.3 is 0 Å². The minimum absolute atomic E-state index is 0.658. The van der Waals surface area contributed by atoms with E-state index in [2.05, 4.69) is 46.8 Å². The van der Waals surface area contributed by atoms with E-state index in [0.717, 1.165) is 25.3 Å². The zero-order valence-electron chi connectivity index (χ0n) is 8.91. The largest absolute Gasteiger partial charge is 0.495 e. The van der Waals surface area contributed by atoms with Crippen LogP contribution < -0.4 is 10.1 Å². The molecule has 1 N–H and O–H groups in total. The molecule has 1 aromatic carbocycles. The van der Waals surface area contributed by atoms with Gasteiger partial charge in [-0.1, -0.05) is 20.4 Å². The molecular weight excluding hydrogens is 370 g/mol. The van der Waals surface area contributed by atoms with Gasteiger partial charge in [-0.25, -0.2) is 0 Å². The SMILES string of the molecule is COc1c(Br)cc(Br)cc1CNc1cnns1. The Bertz CT molecular complexity index is 505. The van der Waals surface area contributed by atoms with Crippen molar-refractivity contribution in [2.75, 3.05) is 12.4 Å². The summed E-state index contributed by atoms with van der Waals surface area (Å²) in [5.74, 6) is 0.832. The molecule has 0 saturated heterocycles. The number of methoxy groups -OCH3 is 1. The van der Waals surface area contributed by atoms with Crippen molar-refractivity contribution in [3.05, 3.63) is 32.8 Å². The Morgan fingerprint density at radius 1 is 1.41 bits per heavy atom. The molecule has 0 aliphatic rings. The van der Waals surface area contributed by atoms with Crippen molar-refractivity contribution in [2.45, 2.75) is 6.54 Å². The highest BCUT2D eigenvalue weighted by molar-refractivity contribution is 9.11. The standard InChI is InChI=1S/C10H9Br2N3OS/c1-16-10-6(2-7(11)3-8(10)12)4-13-9-5-14-15-17-9/h2-3,5,13H,4H2,1H3. The molecule has 90 valence electrons. The molecule has 0 unspecified atom stereocenters. The van der Waals surface area contributed by atoms with E-state index < -0.39 is 0 Å². The summed E-state index contributed by atoms with van der Waals surface area (Å²) in [6.45, 7) is 0.658. The van der Waals surface area contributed by atoms with Crippen LogP contribution in [0.25, 0.3) is 0 Å². The quantitative estimate of drug-likeness (QED) is 0.881. The summed E-state index contributed by atoms with van der Waals surface area (Å²) >= 11 is 8.26. The zero-order valence-corrected chi connectivity index (χ0v) is 12.9. The van der Waals surface area contributed by atoms with Crippen molar-refractivity contribution in [3.63, 3.8) is 0 Å². The van der Waals surface area contributed by atoms with Crippen molar-refractivity contribution in [2.24, 2.45) is 0 Å². The first kappa shape index (κ1) is 12.8. The lowest BCUT2D eigenvalue weighted by Crippen LogP contribution is -2.01. The van der Waals surface area contributed by atoms with Crippen LogP contribution in [-0.4, -0.2) is 16.7 Å². The summed E-state index contributed by atoms with van der Waals surface area (Å²) in [6, 6.07) is 3.97. The monoisotopic (exact) mass is 377 g/mol. The number of anilines is 1. The van der Waals surface area contributed by atoms with Crippen LogP contribution in [0.2, 0.25) is 0 Å². The van der Waals surface area contributed by atoms with E-state index in [9.17, 15) is 0 Å². The Morgan fingerprint density at radius 3 is 2.88 bits per heavy atom. The van der Waals surface area contributed by atoms with Crippen LogP contribution in [0.15, 0.2) is 27.3 Å². The molecule has 4 nitrogen and oxygen atoms in total. The molecule has 0 fully saturated rings. The normalized spacial score (nSPS) is 10.3. The van der Waals surface area contributed by atoms with Gasteiger partial charge in [0.15, 0.2) is 0 Å². The number of nitrogens with one attached hydrogen (secondary N) is 1. The van der Waals surface area contributed by atoms with Crippen LogP contribution >= 0.6 is 43.4 Å². The molecule has 1 heterocycles. The number of halogens is 2. The molecule has 2 rings (SSSR count). The van der Waals surface area contributed by atoms with Crippen molar-refractivity contribution in [1.29, 1.82) is 0 Å². The van der Waals surface area contributed by atoms with Gasteiger partial charge in [-0.15, -0.1) is 5.10 Å². The number of hydrogen-bond acceptors (Lipinski definition) is 5. The van der Waals surface area contributed by atoms with E-state index in [0.29, 0.717) is 6.54 Å². The van der Waals surface area contributed by atoms with Gasteiger partial charge in [-0.2, -0.15) is 0 Å². The maximum atomic E-state index is 5.37. The number of ether oxygens (including phenoxy) is 1. The summed E-state index contributed by atoms with van der Waals surface area (Å²) in [4.78, 5) is 0. The second-order valence-corrected chi connectivity index (χ2v) is 5.77. The molecular formula is C10H9Br2N3OS. The first-order valence-electron chi connectivity index (χ1n) is 4.74. The minimum atomic E-state index is 0.658. The van der Waals surface area contributed by atoms with Gasteiger partial charge in [0.05, 0.1) is 17.8 Å². The third-order valence-corrected chi connectivity index (χ3v) is 3.77. The van der Waals surface area contributed by atoms with Crippen molar-refractivity contribution < 1.29 is 4.74 Å². The molecule has 0 aliphatic heterocycles. The molecule has 0 spiro atoms. The highest BCUT2D eigenvalue weighted by Gasteiger charge is 2.09. The summed E-state index contributed by atoms with van der Waals surface area (Å²) in [7, 11) is 1.66. The predicted octanol–water partition coefficient (Wildman–Crippen LogP) is 3.68. The molecule has 1 aromatic heterocycles. The van der Waals surface area contributed by atoms with E-state index >= 15 is 0 Å². The van der Waals surface area contributed by atoms with Crippen molar-refractivity contribution >= 4 is 48.4 Å². The van der Waals surface area contributed by atoms with Crippen LogP contribution in [0.4, 0.5) is 5.00 Å². The van der Waals surface area contributed by atoms with E-state index in [1.807, 2.05) is 12.1 Å². The predicted molar refractivity (Wildman–Crippen MR) is 75.6 cm³/mol. The summed E-state index contributed by atoms with van der Waals surface area (Å²) in [5, 5.41) is 7.94. The van der Waals surface area contributed by atoms with Gasteiger partial charge in [0.2, 0.25) is 0 Å². The molecule has 0 aliphatic carbocycles. The average Bonchev–Trinajstić information content (AvgIpc) is 2.78. The number of hydrogen-bond donors (Lipinski definition) is 1. The molecule has 0 radical (unpaired) electrons.